The average molecular weight is 309 g/mol. The van der Waals surface area contributed by atoms with E-state index in [0.717, 1.165) is 32.1 Å². The van der Waals surface area contributed by atoms with E-state index < -0.39 is 0 Å². The molecule has 0 aromatic heterocycles. The van der Waals surface area contributed by atoms with Gasteiger partial charge < -0.3 is 10.6 Å². The second kappa shape index (κ2) is 9.19. The summed E-state index contributed by atoms with van der Waals surface area (Å²) in [6, 6.07) is 0.537. The third kappa shape index (κ3) is 8.42. The van der Waals surface area contributed by atoms with Crippen molar-refractivity contribution in [2.75, 3.05) is 33.2 Å². The third-order valence-electron chi connectivity index (χ3n) is 4.04. The fraction of sp³-hybridized carbons (Fsp3) is 0.833. The lowest BCUT2D eigenvalue weighted by Gasteiger charge is -2.33. The molecule has 0 aromatic carbocycles. The Balaban J connectivity index is 2.23. The summed E-state index contributed by atoms with van der Waals surface area (Å²) < 4.78 is 0. The summed E-state index contributed by atoms with van der Waals surface area (Å²) in [5.41, 5.74) is 1.66. The quantitative estimate of drug-likeness (QED) is 0.343. The number of nitrogens with zero attached hydrogens (tertiary/aromatic N) is 2. The first-order chi connectivity index (χ1) is 10.3. The summed E-state index contributed by atoms with van der Waals surface area (Å²) in [4.78, 5) is 6.84. The lowest BCUT2D eigenvalue weighted by Crippen LogP contribution is -2.49. The molecule has 0 bridgehead atoms. The molecule has 2 N–H and O–H groups in total. The van der Waals surface area contributed by atoms with Gasteiger partial charge in [-0.05, 0) is 38.0 Å². The number of likely N-dealkylation sites (tertiary alicyclic amines) is 1. The summed E-state index contributed by atoms with van der Waals surface area (Å²) >= 11 is 0. The van der Waals surface area contributed by atoms with Crippen LogP contribution >= 0.6 is 0 Å². The van der Waals surface area contributed by atoms with Crippen LogP contribution in [0.15, 0.2) is 17.1 Å². The number of nitrogens with one attached hydrogen (secondary N) is 2. The standard InChI is InChI=1S/C18H36N4/c1-15(2)14-22-12-8-16(9-13-22)21-17(19-6)20-11-7-10-18(3,4)5/h16H,1,7-14H2,2-6H3,(H2,19,20,21). The average Bonchev–Trinajstić information content (AvgIpc) is 2.42. The highest BCUT2D eigenvalue weighted by Crippen LogP contribution is 2.19. The smallest absolute Gasteiger partial charge is 0.191 e. The van der Waals surface area contributed by atoms with Crippen molar-refractivity contribution in [3.8, 4) is 0 Å². The van der Waals surface area contributed by atoms with Gasteiger partial charge in [-0.15, -0.1) is 0 Å². The zero-order valence-electron chi connectivity index (χ0n) is 15.3. The molecular formula is C18H36N4. The molecule has 1 aliphatic rings. The molecular weight excluding hydrogens is 272 g/mol. The lowest BCUT2D eigenvalue weighted by atomic mass is 9.91. The summed E-state index contributed by atoms with van der Waals surface area (Å²) in [5.74, 6) is 0.951. The van der Waals surface area contributed by atoms with Crippen LogP contribution in [0.2, 0.25) is 0 Å². The van der Waals surface area contributed by atoms with Crippen LogP contribution in [0.4, 0.5) is 0 Å². The van der Waals surface area contributed by atoms with Crippen molar-refractivity contribution in [3.63, 3.8) is 0 Å². The molecule has 1 fully saturated rings. The van der Waals surface area contributed by atoms with Gasteiger partial charge in [-0.1, -0.05) is 32.9 Å². The van der Waals surface area contributed by atoms with Crippen molar-refractivity contribution in [2.45, 2.75) is 59.4 Å². The van der Waals surface area contributed by atoms with E-state index in [2.05, 4.69) is 54.8 Å². The predicted octanol–water partition coefficient (Wildman–Crippen LogP) is 3.02. The zero-order valence-corrected chi connectivity index (χ0v) is 15.3. The van der Waals surface area contributed by atoms with Crippen LogP contribution in [0.1, 0.15) is 53.4 Å². The van der Waals surface area contributed by atoms with E-state index in [1.807, 2.05) is 7.05 Å². The van der Waals surface area contributed by atoms with Crippen LogP contribution < -0.4 is 10.6 Å². The van der Waals surface area contributed by atoms with Crippen LogP contribution in [-0.2, 0) is 0 Å². The molecule has 1 rings (SSSR count). The fourth-order valence-electron chi connectivity index (χ4n) is 2.83. The molecule has 4 nitrogen and oxygen atoms in total. The Hall–Kier alpha value is -1.03. The molecule has 1 heterocycles. The number of hydrogen-bond donors (Lipinski definition) is 2. The first kappa shape index (κ1) is 19.0. The van der Waals surface area contributed by atoms with E-state index in [4.69, 9.17) is 0 Å². The number of rotatable bonds is 6. The minimum Gasteiger partial charge on any atom is -0.356 e. The highest BCUT2D eigenvalue weighted by molar-refractivity contribution is 5.79. The van der Waals surface area contributed by atoms with Crippen LogP contribution in [0.5, 0.6) is 0 Å². The molecule has 0 aliphatic carbocycles. The largest absolute Gasteiger partial charge is 0.356 e. The number of piperidine rings is 1. The van der Waals surface area contributed by atoms with Gasteiger partial charge in [0.25, 0.3) is 0 Å². The molecule has 1 saturated heterocycles. The van der Waals surface area contributed by atoms with E-state index in [1.165, 1.54) is 31.3 Å². The van der Waals surface area contributed by atoms with E-state index in [1.54, 1.807) is 0 Å². The van der Waals surface area contributed by atoms with Crippen molar-refractivity contribution in [2.24, 2.45) is 10.4 Å². The Morgan fingerprint density at radius 3 is 2.41 bits per heavy atom. The van der Waals surface area contributed by atoms with Gasteiger partial charge in [0.15, 0.2) is 5.96 Å². The molecule has 1 aliphatic heterocycles. The monoisotopic (exact) mass is 308 g/mol. The zero-order chi connectivity index (χ0) is 16.6. The molecule has 0 saturated carbocycles. The fourth-order valence-corrected chi connectivity index (χ4v) is 2.83. The second-order valence-corrected chi connectivity index (χ2v) is 7.82. The SMILES string of the molecule is C=C(C)CN1CCC(NC(=NC)NCCCC(C)(C)C)CC1. The maximum atomic E-state index is 4.35. The van der Waals surface area contributed by atoms with E-state index in [-0.39, 0.29) is 0 Å². The van der Waals surface area contributed by atoms with Crippen molar-refractivity contribution >= 4 is 5.96 Å². The first-order valence-electron chi connectivity index (χ1n) is 8.64. The lowest BCUT2D eigenvalue weighted by molar-refractivity contribution is 0.221. The highest BCUT2D eigenvalue weighted by Gasteiger charge is 2.19. The number of guanidine groups is 1. The normalized spacial score (nSPS) is 18.3. The van der Waals surface area contributed by atoms with Gasteiger partial charge in [0.2, 0.25) is 0 Å². The van der Waals surface area contributed by atoms with Crippen molar-refractivity contribution in [3.05, 3.63) is 12.2 Å². The van der Waals surface area contributed by atoms with Crippen molar-refractivity contribution in [1.82, 2.24) is 15.5 Å². The Morgan fingerprint density at radius 1 is 1.27 bits per heavy atom. The van der Waals surface area contributed by atoms with Gasteiger partial charge in [-0.3, -0.25) is 9.89 Å². The van der Waals surface area contributed by atoms with Gasteiger partial charge >= 0.3 is 0 Å². The Morgan fingerprint density at radius 2 is 1.91 bits per heavy atom. The molecule has 22 heavy (non-hydrogen) atoms. The van der Waals surface area contributed by atoms with Crippen molar-refractivity contribution < 1.29 is 0 Å². The van der Waals surface area contributed by atoms with Gasteiger partial charge in [-0.25, -0.2) is 0 Å². The third-order valence-corrected chi connectivity index (χ3v) is 4.04. The number of aliphatic imine (C=N–C) groups is 1. The molecule has 4 heteroatoms. The molecule has 128 valence electrons. The Bertz CT molecular complexity index is 360. The maximum Gasteiger partial charge on any atom is 0.191 e. The minimum absolute atomic E-state index is 0.411. The van der Waals surface area contributed by atoms with E-state index >= 15 is 0 Å². The second-order valence-electron chi connectivity index (χ2n) is 7.82. The predicted molar refractivity (Wildman–Crippen MR) is 97.5 cm³/mol. The van der Waals surface area contributed by atoms with E-state index in [9.17, 15) is 0 Å². The Kier molecular flexibility index (Phi) is 7.94. The van der Waals surface area contributed by atoms with Gasteiger partial charge in [0.05, 0.1) is 0 Å². The minimum atomic E-state index is 0.411. The summed E-state index contributed by atoms with van der Waals surface area (Å²) in [6.07, 6.45) is 4.77. The van der Waals surface area contributed by atoms with Crippen LogP contribution in [0.25, 0.3) is 0 Å². The van der Waals surface area contributed by atoms with Gasteiger partial charge in [0, 0.05) is 39.3 Å². The van der Waals surface area contributed by atoms with Gasteiger partial charge in [0.1, 0.15) is 0 Å². The Labute approximate surface area is 137 Å². The first-order valence-corrected chi connectivity index (χ1v) is 8.64. The molecule has 0 atom stereocenters. The molecule has 0 amide bonds. The molecule has 0 unspecified atom stereocenters. The molecule has 0 aromatic rings. The summed E-state index contributed by atoms with van der Waals surface area (Å²) in [6.45, 7) is 17.3. The molecule has 0 radical (unpaired) electrons. The van der Waals surface area contributed by atoms with Gasteiger partial charge in [-0.2, -0.15) is 0 Å². The van der Waals surface area contributed by atoms with E-state index in [0.29, 0.717) is 11.5 Å². The van der Waals surface area contributed by atoms with Crippen molar-refractivity contribution in [1.29, 1.82) is 0 Å². The van der Waals surface area contributed by atoms with Crippen LogP contribution in [0, 0.1) is 5.41 Å². The molecule has 0 spiro atoms. The topological polar surface area (TPSA) is 39.7 Å². The number of hydrogen-bond acceptors (Lipinski definition) is 2. The highest BCUT2D eigenvalue weighted by atomic mass is 15.2. The maximum absolute atomic E-state index is 4.35. The summed E-state index contributed by atoms with van der Waals surface area (Å²) in [7, 11) is 1.86. The van der Waals surface area contributed by atoms with Crippen LogP contribution in [-0.4, -0.2) is 50.1 Å². The summed E-state index contributed by atoms with van der Waals surface area (Å²) in [5, 5.41) is 7.01. The van der Waals surface area contributed by atoms with Crippen LogP contribution in [0.3, 0.4) is 0 Å².